The van der Waals surface area contributed by atoms with Crippen molar-refractivity contribution < 1.29 is 28.3 Å². The molecule has 8 heteroatoms. The van der Waals surface area contributed by atoms with E-state index in [4.69, 9.17) is 28.3 Å². The summed E-state index contributed by atoms with van der Waals surface area (Å²) < 4.78 is 16.5. The number of hydrogen-bond donors (Lipinski definition) is 3. The lowest BCUT2D eigenvalue weighted by Crippen LogP contribution is -2.09. The molecule has 0 aliphatic carbocycles. The van der Waals surface area contributed by atoms with Crippen LogP contribution in [0.25, 0.3) is 0 Å². The maximum atomic E-state index is 7.23. The predicted octanol–water partition coefficient (Wildman–Crippen LogP) is 2.68. The Morgan fingerprint density at radius 1 is 0.647 bits per heavy atom. The van der Waals surface area contributed by atoms with Gasteiger partial charge in [-0.15, -0.1) is 0 Å². The summed E-state index contributed by atoms with van der Waals surface area (Å²) in [6.45, 7) is 11.8. The van der Waals surface area contributed by atoms with Gasteiger partial charge in [-0.25, -0.2) is 0 Å². The fourth-order valence-electron chi connectivity index (χ4n) is 0.591. The molecule has 17 heavy (non-hydrogen) atoms. The Hall–Kier alpha value is 0.620. The molecule has 0 fully saturated rings. The average molecular weight is 290 g/mol. The van der Waals surface area contributed by atoms with Crippen molar-refractivity contribution in [1.29, 1.82) is 0 Å². The molecule has 0 spiro atoms. The zero-order valence-electron chi connectivity index (χ0n) is 11.2. The van der Waals surface area contributed by atoms with Crippen LogP contribution in [0.5, 0.6) is 0 Å². The minimum Gasteiger partial charge on any atom is -0.328 e. The molecule has 0 amide bonds. The van der Waals surface area contributed by atoms with E-state index in [1.165, 1.54) is 0 Å². The van der Waals surface area contributed by atoms with Gasteiger partial charge >= 0.3 is 17.2 Å². The summed E-state index contributed by atoms with van der Waals surface area (Å²) in [5.74, 6) is 0. The highest BCUT2D eigenvalue weighted by atomic mass is 31.2. The molecule has 0 saturated heterocycles. The Kier molecular flexibility index (Phi) is 13.7. The molecule has 0 rings (SSSR count). The first-order valence-electron chi connectivity index (χ1n) is 5.32. The molecule has 0 aliphatic rings. The van der Waals surface area contributed by atoms with Crippen molar-refractivity contribution in [3.8, 4) is 0 Å². The number of rotatable bonds is 6. The normalized spacial score (nSPS) is 11.6. The highest BCUT2D eigenvalue weighted by Gasteiger charge is 2.17. The average Bonchev–Trinajstić information content (AvgIpc) is 1.96. The van der Waals surface area contributed by atoms with Gasteiger partial charge in [0.15, 0.2) is 0 Å². The standard InChI is InChI=1S/C9H21O3P.H3O3P/c1-7(2)10-13(11-8(3)4)12-9(5)6;1-4(2)3/h7-9H,1-6H3;1-3H. The van der Waals surface area contributed by atoms with Gasteiger partial charge < -0.3 is 28.3 Å². The molecule has 106 valence electrons. The Balaban J connectivity index is 0. The van der Waals surface area contributed by atoms with E-state index in [0.29, 0.717) is 0 Å². The summed E-state index contributed by atoms with van der Waals surface area (Å²) in [5, 5.41) is 0. The van der Waals surface area contributed by atoms with Crippen LogP contribution in [-0.2, 0) is 13.6 Å². The van der Waals surface area contributed by atoms with E-state index in [-0.39, 0.29) is 18.3 Å². The van der Waals surface area contributed by atoms with Crippen LogP contribution in [0.15, 0.2) is 0 Å². The molecule has 0 bridgehead atoms. The van der Waals surface area contributed by atoms with Crippen molar-refractivity contribution in [1.82, 2.24) is 0 Å². The van der Waals surface area contributed by atoms with Gasteiger partial charge in [0, 0.05) is 0 Å². The second kappa shape index (κ2) is 11.7. The molecule has 0 radical (unpaired) electrons. The summed E-state index contributed by atoms with van der Waals surface area (Å²) >= 11 is 0. The largest absolute Gasteiger partial charge is 0.333 e. The molecular weight excluding hydrogens is 266 g/mol. The molecule has 0 saturated carbocycles. The third-order valence-corrected chi connectivity index (χ3v) is 2.67. The van der Waals surface area contributed by atoms with Gasteiger partial charge in [-0.2, -0.15) is 0 Å². The fourth-order valence-corrected chi connectivity index (χ4v) is 1.77. The summed E-state index contributed by atoms with van der Waals surface area (Å²) in [6, 6.07) is 0. The Labute approximate surface area is 106 Å². The predicted molar refractivity (Wildman–Crippen MR) is 69.2 cm³/mol. The van der Waals surface area contributed by atoms with E-state index < -0.39 is 17.2 Å². The van der Waals surface area contributed by atoms with Crippen molar-refractivity contribution in [2.75, 3.05) is 0 Å². The zero-order chi connectivity index (χ0) is 14.0. The van der Waals surface area contributed by atoms with Crippen LogP contribution >= 0.6 is 17.2 Å². The van der Waals surface area contributed by atoms with Gasteiger partial charge in [0.25, 0.3) is 0 Å². The highest BCUT2D eigenvalue weighted by Crippen LogP contribution is 2.43. The minimum absolute atomic E-state index is 0.142. The zero-order valence-corrected chi connectivity index (χ0v) is 13.0. The maximum absolute atomic E-state index is 7.23. The third-order valence-electron chi connectivity index (χ3n) is 0.891. The van der Waals surface area contributed by atoms with Crippen molar-refractivity contribution in [2.24, 2.45) is 0 Å². The molecule has 0 aromatic carbocycles. The molecule has 0 heterocycles. The van der Waals surface area contributed by atoms with Crippen LogP contribution in [0.2, 0.25) is 0 Å². The Morgan fingerprint density at radius 2 is 0.824 bits per heavy atom. The van der Waals surface area contributed by atoms with Gasteiger partial charge in [0.1, 0.15) is 0 Å². The van der Waals surface area contributed by atoms with Crippen LogP contribution < -0.4 is 0 Å². The first-order valence-corrected chi connectivity index (χ1v) is 7.61. The lowest BCUT2D eigenvalue weighted by Gasteiger charge is -2.22. The Bertz CT molecular complexity index is 139. The smallest absolute Gasteiger partial charge is 0.328 e. The molecule has 0 aliphatic heterocycles. The number of hydrogen-bond acceptors (Lipinski definition) is 6. The van der Waals surface area contributed by atoms with Gasteiger partial charge in [0.2, 0.25) is 0 Å². The lowest BCUT2D eigenvalue weighted by molar-refractivity contribution is 0.0945. The van der Waals surface area contributed by atoms with Gasteiger partial charge in [0.05, 0.1) is 18.3 Å². The second-order valence-corrected chi connectivity index (χ2v) is 5.57. The van der Waals surface area contributed by atoms with E-state index in [1.807, 2.05) is 41.5 Å². The molecule has 0 unspecified atom stereocenters. The highest BCUT2D eigenvalue weighted by molar-refractivity contribution is 7.41. The molecule has 0 atom stereocenters. The molecule has 0 aromatic rings. The molecule has 0 aromatic heterocycles. The van der Waals surface area contributed by atoms with Gasteiger partial charge in [-0.05, 0) is 41.5 Å². The SMILES string of the molecule is CC(C)OP(OC(C)C)OC(C)C.OP(O)O. The van der Waals surface area contributed by atoms with E-state index >= 15 is 0 Å². The first-order chi connectivity index (χ1) is 7.65. The van der Waals surface area contributed by atoms with E-state index in [0.717, 1.165) is 0 Å². The van der Waals surface area contributed by atoms with Gasteiger partial charge in [-0.1, -0.05) is 0 Å². The minimum atomic E-state index is -2.62. The van der Waals surface area contributed by atoms with Crippen molar-refractivity contribution >= 4 is 17.2 Å². The monoisotopic (exact) mass is 290 g/mol. The Morgan fingerprint density at radius 3 is 0.941 bits per heavy atom. The van der Waals surface area contributed by atoms with Crippen LogP contribution in [0.4, 0.5) is 0 Å². The van der Waals surface area contributed by atoms with E-state index in [9.17, 15) is 0 Å². The molecular formula is C9H24O6P2. The summed E-state index contributed by atoms with van der Waals surface area (Å²) in [6.07, 6.45) is 0.427. The summed E-state index contributed by atoms with van der Waals surface area (Å²) in [5.41, 5.74) is 0. The first kappa shape index (κ1) is 19.9. The third kappa shape index (κ3) is 22.3. The topological polar surface area (TPSA) is 88.4 Å². The molecule has 3 N–H and O–H groups in total. The van der Waals surface area contributed by atoms with Crippen LogP contribution in [0, 0.1) is 0 Å². The van der Waals surface area contributed by atoms with Crippen molar-refractivity contribution in [2.45, 2.75) is 59.9 Å². The van der Waals surface area contributed by atoms with Crippen LogP contribution in [-0.4, -0.2) is 33.0 Å². The lowest BCUT2D eigenvalue weighted by atomic mass is 10.5. The van der Waals surface area contributed by atoms with E-state index in [2.05, 4.69) is 0 Å². The second-order valence-electron chi connectivity index (χ2n) is 3.95. The van der Waals surface area contributed by atoms with Gasteiger partial charge in [-0.3, -0.25) is 0 Å². The fraction of sp³-hybridized carbons (Fsp3) is 1.00. The van der Waals surface area contributed by atoms with Crippen molar-refractivity contribution in [3.05, 3.63) is 0 Å². The summed E-state index contributed by atoms with van der Waals surface area (Å²) in [4.78, 5) is 21.7. The quantitative estimate of drug-likeness (QED) is 0.652. The maximum Gasteiger partial charge on any atom is 0.333 e. The van der Waals surface area contributed by atoms with Crippen molar-refractivity contribution in [3.63, 3.8) is 0 Å². The van der Waals surface area contributed by atoms with Crippen LogP contribution in [0.1, 0.15) is 41.5 Å². The van der Waals surface area contributed by atoms with E-state index in [1.54, 1.807) is 0 Å². The van der Waals surface area contributed by atoms with Crippen LogP contribution in [0.3, 0.4) is 0 Å². The summed E-state index contributed by atoms with van der Waals surface area (Å²) in [7, 11) is -3.80. The molecule has 6 nitrogen and oxygen atoms in total.